The van der Waals surface area contributed by atoms with Gasteiger partial charge in [-0.15, -0.1) is 23.5 Å². The van der Waals surface area contributed by atoms with E-state index in [4.69, 9.17) is 55.9 Å². The van der Waals surface area contributed by atoms with Gasteiger partial charge in [-0.25, -0.2) is 9.59 Å². The summed E-state index contributed by atoms with van der Waals surface area (Å²) < 4.78 is 10.6. The van der Waals surface area contributed by atoms with Crippen LogP contribution in [0.2, 0.25) is 20.1 Å². The quantitative estimate of drug-likeness (QED) is 0.155. The fraction of sp³-hybridized carbons (Fsp3) is 0.222. The average molecular weight is 502 g/mol. The van der Waals surface area contributed by atoms with Crippen LogP contribution in [0.5, 0.6) is 0 Å². The van der Waals surface area contributed by atoms with Crippen molar-refractivity contribution in [1.82, 2.24) is 0 Å². The lowest BCUT2D eigenvalue weighted by Gasteiger charge is -2.21. The van der Waals surface area contributed by atoms with Crippen LogP contribution in [0.25, 0.3) is 0 Å². The van der Waals surface area contributed by atoms with E-state index in [0.717, 1.165) is 12.2 Å². The molecule has 1 rings (SSSR count). The number of carbonyl (C=O) groups excluding carboxylic acids is 2. The van der Waals surface area contributed by atoms with Gasteiger partial charge < -0.3 is 9.47 Å². The third-order valence-corrected chi connectivity index (χ3v) is 7.18. The Kier molecular flexibility index (Phi) is 11.8. The minimum Gasteiger partial charge on any atom is -0.462 e. The molecule has 2 radical (unpaired) electrons. The SMILES string of the molecule is [CH2]c1c(Cl)c(Cl)c([C](SCCOC(=O)C=C)SCCOC(=O)C=C)c(Cl)c1Cl. The number of halogens is 4. The number of esters is 2. The highest BCUT2D eigenvalue weighted by molar-refractivity contribution is 8.21. The van der Waals surface area contributed by atoms with Crippen LogP contribution in [0.4, 0.5) is 0 Å². The normalized spacial score (nSPS) is 10.6. The van der Waals surface area contributed by atoms with Crippen molar-refractivity contribution in [3.05, 3.63) is 68.0 Å². The first kappa shape index (κ1) is 25.5. The molecule has 0 bridgehead atoms. The van der Waals surface area contributed by atoms with Gasteiger partial charge in [-0.2, -0.15) is 0 Å². The number of benzene rings is 1. The molecule has 0 saturated carbocycles. The Labute approximate surface area is 192 Å². The van der Waals surface area contributed by atoms with Gasteiger partial charge in [0.1, 0.15) is 17.8 Å². The molecule has 0 amide bonds. The molecule has 0 aromatic heterocycles. The van der Waals surface area contributed by atoms with Crippen LogP contribution in [0, 0.1) is 11.5 Å². The van der Waals surface area contributed by atoms with Crippen molar-refractivity contribution in [2.24, 2.45) is 0 Å². The largest absolute Gasteiger partial charge is 0.462 e. The second-order valence-corrected chi connectivity index (χ2v) is 8.82. The lowest BCUT2D eigenvalue weighted by Crippen LogP contribution is -2.08. The van der Waals surface area contributed by atoms with Gasteiger partial charge in [0.25, 0.3) is 0 Å². The van der Waals surface area contributed by atoms with E-state index in [2.05, 4.69) is 20.1 Å². The third-order valence-electron chi connectivity index (χ3n) is 3.01. The number of ether oxygens (including phenoxy) is 2. The molecule has 0 aliphatic rings. The van der Waals surface area contributed by atoms with Gasteiger partial charge in [0.05, 0.1) is 20.1 Å². The van der Waals surface area contributed by atoms with Crippen LogP contribution < -0.4 is 0 Å². The van der Waals surface area contributed by atoms with E-state index in [-0.39, 0.29) is 33.3 Å². The van der Waals surface area contributed by atoms with E-state index in [1.807, 2.05) is 0 Å². The van der Waals surface area contributed by atoms with Gasteiger partial charge in [-0.3, -0.25) is 0 Å². The Hall–Kier alpha value is -0.500. The molecule has 0 fully saturated rings. The minimum absolute atomic E-state index is 0.148. The zero-order valence-corrected chi connectivity index (χ0v) is 19.2. The molecule has 1 aromatic rings. The Morgan fingerprint density at radius 3 is 1.57 bits per heavy atom. The molecular formula is C18H16Cl4O4S2. The molecule has 0 N–H and O–H groups in total. The minimum atomic E-state index is -0.519. The first-order chi connectivity index (χ1) is 13.2. The first-order valence-corrected chi connectivity index (χ1v) is 11.1. The highest BCUT2D eigenvalue weighted by Crippen LogP contribution is 2.50. The van der Waals surface area contributed by atoms with E-state index in [0.29, 0.717) is 27.2 Å². The lowest BCUT2D eigenvalue weighted by atomic mass is 10.1. The van der Waals surface area contributed by atoms with E-state index in [9.17, 15) is 9.59 Å². The maximum Gasteiger partial charge on any atom is 0.330 e. The van der Waals surface area contributed by atoms with E-state index < -0.39 is 11.9 Å². The van der Waals surface area contributed by atoms with Crippen molar-refractivity contribution in [3.63, 3.8) is 0 Å². The molecule has 4 nitrogen and oxygen atoms in total. The standard InChI is InChI=1S/C18H16Cl4O4S2/c1-4-11(23)25-6-8-27-18(28-9-7-26-12(24)5-2)13-16(21)14(19)10(3)15(20)17(13)22/h4-5H,1-3,6-9H2. The summed E-state index contributed by atoms with van der Waals surface area (Å²) in [5.74, 6) is -0.200. The van der Waals surface area contributed by atoms with Gasteiger partial charge in [0.2, 0.25) is 0 Å². The second-order valence-electron chi connectivity index (χ2n) is 4.84. The number of hydrogen-bond donors (Lipinski definition) is 0. The molecular weight excluding hydrogens is 486 g/mol. The molecule has 0 aliphatic carbocycles. The average Bonchev–Trinajstić information content (AvgIpc) is 2.70. The molecule has 0 unspecified atom stereocenters. The van der Waals surface area contributed by atoms with Crippen LogP contribution in [-0.2, 0) is 19.1 Å². The van der Waals surface area contributed by atoms with Gasteiger partial charge in [0.15, 0.2) is 0 Å². The molecule has 28 heavy (non-hydrogen) atoms. The van der Waals surface area contributed by atoms with E-state index in [1.165, 1.54) is 23.5 Å². The molecule has 0 saturated heterocycles. The summed E-state index contributed by atoms with van der Waals surface area (Å²) >= 11 is 27.9. The van der Waals surface area contributed by atoms with Crippen molar-refractivity contribution < 1.29 is 19.1 Å². The Morgan fingerprint density at radius 2 is 1.21 bits per heavy atom. The smallest absolute Gasteiger partial charge is 0.330 e. The lowest BCUT2D eigenvalue weighted by molar-refractivity contribution is -0.138. The molecule has 0 aliphatic heterocycles. The summed E-state index contributed by atoms with van der Waals surface area (Å²) in [5, 5.41) is 0.811. The van der Waals surface area contributed by atoms with Gasteiger partial charge in [0, 0.05) is 29.2 Å². The first-order valence-electron chi connectivity index (χ1n) is 7.63. The fourth-order valence-corrected chi connectivity index (χ4v) is 5.25. The fourth-order valence-electron chi connectivity index (χ4n) is 1.71. The van der Waals surface area contributed by atoms with Crippen LogP contribution in [-0.4, -0.2) is 36.7 Å². The molecule has 0 heterocycles. The van der Waals surface area contributed by atoms with Gasteiger partial charge >= 0.3 is 11.9 Å². The Morgan fingerprint density at radius 1 is 0.821 bits per heavy atom. The summed E-state index contributed by atoms with van der Waals surface area (Å²) in [6, 6.07) is 0. The van der Waals surface area contributed by atoms with Crippen molar-refractivity contribution in [1.29, 1.82) is 0 Å². The summed E-state index contributed by atoms with van der Waals surface area (Å²) in [7, 11) is 0. The molecule has 0 spiro atoms. The zero-order chi connectivity index (χ0) is 21.3. The van der Waals surface area contributed by atoms with Crippen LogP contribution in [0.15, 0.2) is 25.3 Å². The summed E-state index contributed by atoms with van der Waals surface area (Å²) in [6.45, 7) is 10.7. The third kappa shape index (κ3) is 7.39. The summed E-state index contributed by atoms with van der Waals surface area (Å²) in [4.78, 5) is 22.3. The van der Waals surface area contributed by atoms with Crippen molar-refractivity contribution in [3.8, 4) is 0 Å². The number of hydrogen-bond acceptors (Lipinski definition) is 6. The Balaban J connectivity index is 2.96. The number of rotatable bonds is 11. The second kappa shape index (κ2) is 12.9. The van der Waals surface area contributed by atoms with Crippen molar-refractivity contribution in [2.75, 3.05) is 24.7 Å². The topological polar surface area (TPSA) is 52.6 Å². The monoisotopic (exact) mass is 500 g/mol. The van der Waals surface area contributed by atoms with E-state index in [1.54, 1.807) is 0 Å². The maximum absolute atomic E-state index is 11.2. The van der Waals surface area contributed by atoms with Gasteiger partial charge in [-0.1, -0.05) is 59.6 Å². The predicted molar refractivity (Wildman–Crippen MR) is 121 cm³/mol. The molecule has 1 aromatic carbocycles. The summed E-state index contributed by atoms with van der Waals surface area (Å²) in [5.41, 5.74) is 0.780. The highest BCUT2D eigenvalue weighted by Gasteiger charge is 2.26. The maximum atomic E-state index is 11.2. The molecule has 0 atom stereocenters. The van der Waals surface area contributed by atoms with Crippen LogP contribution in [0.3, 0.4) is 0 Å². The van der Waals surface area contributed by atoms with Crippen LogP contribution in [0.1, 0.15) is 11.1 Å². The van der Waals surface area contributed by atoms with E-state index >= 15 is 0 Å². The predicted octanol–water partition coefficient (Wildman–Crippen LogP) is 6.24. The highest BCUT2D eigenvalue weighted by atomic mass is 35.5. The number of thioether (sulfide) groups is 2. The van der Waals surface area contributed by atoms with Gasteiger partial charge in [-0.05, 0) is 12.5 Å². The number of carbonyl (C=O) groups is 2. The van der Waals surface area contributed by atoms with Crippen LogP contribution >= 0.6 is 69.9 Å². The van der Waals surface area contributed by atoms with Crippen molar-refractivity contribution in [2.45, 2.75) is 0 Å². The molecule has 152 valence electrons. The zero-order valence-electron chi connectivity index (χ0n) is 14.6. The Bertz CT molecular complexity index is 699. The summed E-state index contributed by atoms with van der Waals surface area (Å²) in [6.07, 6.45) is 2.16. The molecule has 10 heteroatoms. The van der Waals surface area contributed by atoms with Crippen molar-refractivity contribution >= 4 is 81.9 Å².